The van der Waals surface area contributed by atoms with Gasteiger partial charge in [0.2, 0.25) is 15.9 Å². The number of sulfonamides is 1. The van der Waals surface area contributed by atoms with Crippen LogP contribution in [-0.4, -0.2) is 38.8 Å². The van der Waals surface area contributed by atoms with E-state index in [1.165, 1.54) is 13.1 Å². The molecule has 0 unspecified atom stereocenters. The summed E-state index contributed by atoms with van der Waals surface area (Å²) in [6.07, 6.45) is 0.805. The number of benzene rings is 1. The van der Waals surface area contributed by atoms with Crippen LogP contribution in [-0.2, 0) is 14.8 Å². The maximum absolute atomic E-state index is 12.4. The molecule has 1 N–H and O–H groups in total. The molecule has 0 heterocycles. The summed E-state index contributed by atoms with van der Waals surface area (Å²) in [6, 6.07) is 4.87. The standard InChI is InChI=1S/C12H16Br2N2O3S/c1-3-6-15-12(17)8-16(2)20(18,19)11-7-9(13)4-5-10(11)14/h4-5,7H,3,6,8H2,1-2H3,(H,15,17). The van der Waals surface area contributed by atoms with Gasteiger partial charge in [0.15, 0.2) is 0 Å². The Morgan fingerprint density at radius 2 is 2.00 bits per heavy atom. The van der Waals surface area contributed by atoms with Crippen molar-refractivity contribution in [2.45, 2.75) is 18.2 Å². The van der Waals surface area contributed by atoms with Gasteiger partial charge in [-0.25, -0.2) is 8.42 Å². The molecule has 1 aromatic rings. The zero-order valence-corrected chi connectivity index (χ0v) is 15.2. The number of carbonyl (C=O) groups is 1. The number of amides is 1. The summed E-state index contributed by atoms with van der Waals surface area (Å²) < 4.78 is 27.0. The molecule has 1 amide bonds. The first kappa shape index (κ1) is 17.6. The maximum Gasteiger partial charge on any atom is 0.244 e. The summed E-state index contributed by atoms with van der Waals surface area (Å²) in [6.45, 7) is 2.26. The van der Waals surface area contributed by atoms with E-state index in [1.54, 1.807) is 12.1 Å². The Bertz CT molecular complexity index is 590. The number of hydrogen-bond acceptors (Lipinski definition) is 3. The molecule has 0 saturated carbocycles. The highest BCUT2D eigenvalue weighted by atomic mass is 79.9. The first-order valence-electron chi connectivity index (χ1n) is 5.97. The minimum atomic E-state index is -3.72. The monoisotopic (exact) mass is 426 g/mol. The molecule has 112 valence electrons. The number of carbonyl (C=O) groups excluding carboxylic acids is 1. The topological polar surface area (TPSA) is 66.5 Å². The van der Waals surface area contributed by atoms with Crippen molar-refractivity contribution in [1.82, 2.24) is 9.62 Å². The van der Waals surface area contributed by atoms with Crippen LogP contribution in [0.15, 0.2) is 32.0 Å². The Hall–Kier alpha value is -0.440. The van der Waals surface area contributed by atoms with E-state index in [0.717, 1.165) is 10.7 Å². The fourth-order valence-corrected chi connectivity index (χ4v) is 4.04. The molecule has 0 aromatic heterocycles. The summed E-state index contributed by atoms with van der Waals surface area (Å²) in [7, 11) is -2.33. The molecule has 0 radical (unpaired) electrons. The average Bonchev–Trinajstić information content (AvgIpc) is 2.38. The Morgan fingerprint density at radius 3 is 2.60 bits per heavy atom. The van der Waals surface area contributed by atoms with Crippen molar-refractivity contribution < 1.29 is 13.2 Å². The molecule has 0 aliphatic rings. The van der Waals surface area contributed by atoms with Gasteiger partial charge in [0, 0.05) is 22.5 Å². The van der Waals surface area contributed by atoms with Crippen LogP contribution < -0.4 is 5.32 Å². The lowest BCUT2D eigenvalue weighted by molar-refractivity contribution is -0.121. The van der Waals surface area contributed by atoms with Crippen molar-refractivity contribution in [3.05, 3.63) is 27.1 Å². The first-order chi connectivity index (χ1) is 9.28. The Labute approximate surface area is 136 Å². The molecule has 8 heteroatoms. The van der Waals surface area contributed by atoms with Gasteiger partial charge in [-0.2, -0.15) is 4.31 Å². The summed E-state index contributed by atoms with van der Waals surface area (Å²) in [4.78, 5) is 11.7. The minimum Gasteiger partial charge on any atom is -0.355 e. The van der Waals surface area contributed by atoms with Gasteiger partial charge < -0.3 is 5.32 Å². The highest BCUT2D eigenvalue weighted by Gasteiger charge is 2.25. The van der Waals surface area contributed by atoms with E-state index in [1.807, 2.05) is 6.92 Å². The fourth-order valence-electron chi connectivity index (χ4n) is 1.45. The third-order valence-corrected chi connectivity index (χ3v) is 5.81. The molecule has 20 heavy (non-hydrogen) atoms. The molecule has 0 bridgehead atoms. The molecule has 0 atom stereocenters. The lowest BCUT2D eigenvalue weighted by Crippen LogP contribution is -2.38. The Balaban J connectivity index is 2.93. The van der Waals surface area contributed by atoms with Gasteiger partial charge in [0.25, 0.3) is 0 Å². The van der Waals surface area contributed by atoms with Crippen molar-refractivity contribution in [2.24, 2.45) is 0 Å². The third kappa shape index (κ3) is 4.54. The van der Waals surface area contributed by atoms with Crippen LogP contribution in [0.5, 0.6) is 0 Å². The molecule has 0 spiro atoms. The fraction of sp³-hybridized carbons (Fsp3) is 0.417. The van der Waals surface area contributed by atoms with Gasteiger partial charge >= 0.3 is 0 Å². The zero-order valence-electron chi connectivity index (χ0n) is 11.2. The second-order valence-electron chi connectivity index (χ2n) is 4.19. The third-order valence-electron chi connectivity index (χ3n) is 2.52. The quantitative estimate of drug-likeness (QED) is 0.757. The van der Waals surface area contributed by atoms with Crippen molar-refractivity contribution in [3.63, 3.8) is 0 Å². The molecule has 0 aliphatic carbocycles. The Kier molecular flexibility index (Phi) is 6.63. The van der Waals surface area contributed by atoms with Crippen LogP contribution in [0, 0.1) is 0 Å². The van der Waals surface area contributed by atoms with Gasteiger partial charge in [0.05, 0.1) is 11.4 Å². The van der Waals surface area contributed by atoms with E-state index in [-0.39, 0.29) is 17.3 Å². The second kappa shape index (κ2) is 7.53. The largest absolute Gasteiger partial charge is 0.355 e. The molecular formula is C12H16Br2N2O3S. The molecular weight excluding hydrogens is 412 g/mol. The number of likely N-dealkylation sites (N-methyl/N-ethyl adjacent to an activating group) is 1. The SMILES string of the molecule is CCCNC(=O)CN(C)S(=O)(=O)c1cc(Br)ccc1Br. The van der Waals surface area contributed by atoms with E-state index in [2.05, 4.69) is 37.2 Å². The van der Waals surface area contributed by atoms with Crippen LogP contribution in [0.1, 0.15) is 13.3 Å². The van der Waals surface area contributed by atoms with Crippen LogP contribution in [0.3, 0.4) is 0 Å². The lowest BCUT2D eigenvalue weighted by atomic mass is 10.4. The van der Waals surface area contributed by atoms with E-state index < -0.39 is 10.0 Å². The lowest BCUT2D eigenvalue weighted by Gasteiger charge is -2.17. The van der Waals surface area contributed by atoms with Crippen molar-refractivity contribution in [1.29, 1.82) is 0 Å². The second-order valence-corrected chi connectivity index (χ2v) is 7.97. The molecule has 1 aromatic carbocycles. The maximum atomic E-state index is 12.4. The number of halogens is 2. The van der Waals surface area contributed by atoms with Crippen molar-refractivity contribution in [2.75, 3.05) is 20.1 Å². The van der Waals surface area contributed by atoms with Crippen LogP contribution >= 0.6 is 31.9 Å². The van der Waals surface area contributed by atoms with Gasteiger partial charge in [-0.05, 0) is 40.5 Å². The number of rotatable bonds is 6. The molecule has 0 saturated heterocycles. The first-order valence-corrected chi connectivity index (χ1v) is 8.99. The summed E-state index contributed by atoms with van der Waals surface area (Å²) in [5.41, 5.74) is 0. The van der Waals surface area contributed by atoms with E-state index in [4.69, 9.17) is 0 Å². The number of nitrogens with one attached hydrogen (secondary N) is 1. The number of nitrogens with zero attached hydrogens (tertiary/aromatic N) is 1. The van der Waals surface area contributed by atoms with E-state index in [0.29, 0.717) is 15.5 Å². The summed E-state index contributed by atoms with van der Waals surface area (Å²) >= 11 is 6.46. The van der Waals surface area contributed by atoms with E-state index >= 15 is 0 Å². The van der Waals surface area contributed by atoms with Crippen LogP contribution in [0.2, 0.25) is 0 Å². The summed E-state index contributed by atoms with van der Waals surface area (Å²) in [5, 5.41) is 2.65. The van der Waals surface area contributed by atoms with Gasteiger partial charge in [-0.3, -0.25) is 4.79 Å². The minimum absolute atomic E-state index is 0.123. The van der Waals surface area contributed by atoms with E-state index in [9.17, 15) is 13.2 Å². The molecule has 1 rings (SSSR count). The number of hydrogen-bond donors (Lipinski definition) is 1. The highest BCUT2D eigenvalue weighted by Crippen LogP contribution is 2.27. The van der Waals surface area contributed by atoms with Crippen LogP contribution in [0.25, 0.3) is 0 Å². The molecule has 0 fully saturated rings. The van der Waals surface area contributed by atoms with Gasteiger partial charge in [-0.15, -0.1) is 0 Å². The van der Waals surface area contributed by atoms with Crippen molar-refractivity contribution >= 4 is 47.8 Å². The average molecular weight is 428 g/mol. The van der Waals surface area contributed by atoms with Gasteiger partial charge in [0.1, 0.15) is 0 Å². The smallest absolute Gasteiger partial charge is 0.244 e. The zero-order chi connectivity index (χ0) is 15.3. The van der Waals surface area contributed by atoms with Crippen LogP contribution in [0.4, 0.5) is 0 Å². The van der Waals surface area contributed by atoms with Gasteiger partial charge in [-0.1, -0.05) is 22.9 Å². The summed E-state index contributed by atoms with van der Waals surface area (Å²) in [5.74, 6) is -0.316. The molecule has 5 nitrogen and oxygen atoms in total. The predicted molar refractivity (Wildman–Crippen MR) is 85.0 cm³/mol. The van der Waals surface area contributed by atoms with Crippen molar-refractivity contribution in [3.8, 4) is 0 Å². The normalized spacial score (nSPS) is 11.7. The molecule has 0 aliphatic heterocycles. The highest BCUT2D eigenvalue weighted by molar-refractivity contribution is 9.11. The Morgan fingerprint density at radius 1 is 1.35 bits per heavy atom. The predicted octanol–water partition coefficient (Wildman–Crippen LogP) is 2.36.